The standard InChI is InChI=1S/C24H21N7O/c1-16-12-17(2)31-23(28-16)21(14-27-31)24(32)26-13-19-15-30(20-6-4-3-5-7-20)29-22(19)18-8-10-25-11-9-18/h3-12,14-15H,13H2,1-2H3,(H,26,32). The number of amides is 1. The lowest BCUT2D eigenvalue weighted by molar-refractivity contribution is 0.0952. The van der Waals surface area contributed by atoms with Gasteiger partial charge in [-0.15, -0.1) is 0 Å². The number of carbonyl (C=O) groups is 1. The summed E-state index contributed by atoms with van der Waals surface area (Å²) >= 11 is 0. The molecule has 0 aliphatic carbocycles. The van der Waals surface area contributed by atoms with E-state index in [2.05, 4.69) is 20.4 Å². The van der Waals surface area contributed by atoms with Gasteiger partial charge in [0.1, 0.15) is 5.56 Å². The molecule has 8 nitrogen and oxygen atoms in total. The van der Waals surface area contributed by atoms with E-state index in [-0.39, 0.29) is 5.91 Å². The number of pyridine rings is 1. The molecule has 1 aromatic carbocycles. The molecule has 1 N–H and O–H groups in total. The van der Waals surface area contributed by atoms with E-state index in [1.165, 1.54) is 0 Å². The summed E-state index contributed by atoms with van der Waals surface area (Å²) in [5, 5.41) is 12.1. The van der Waals surface area contributed by atoms with Crippen molar-refractivity contribution in [2.45, 2.75) is 20.4 Å². The quantitative estimate of drug-likeness (QED) is 0.467. The first-order valence-electron chi connectivity index (χ1n) is 10.2. The zero-order valence-electron chi connectivity index (χ0n) is 17.7. The highest BCUT2D eigenvalue weighted by Crippen LogP contribution is 2.23. The average Bonchev–Trinajstić information content (AvgIpc) is 3.43. The van der Waals surface area contributed by atoms with E-state index in [1.807, 2.05) is 73.3 Å². The Morgan fingerprint density at radius 2 is 1.84 bits per heavy atom. The molecule has 8 heteroatoms. The number of aromatic nitrogens is 6. The van der Waals surface area contributed by atoms with Gasteiger partial charge in [-0.1, -0.05) is 18.2 Å². The summed E-state index contributed by atoms with van der Waals surface area (Å²) < 4.78 is 3.50. The van der Waals surface area contributed by atoms with E-state index in [4.69, 9.17) is 5.10 Å². The van der Waals surface area contributed by atoms with Gasteiger partial charge in [0.15, 0.2) is 5.65 Å². The Bertz CT molecular complexity index is 1400. The van der Waals surface area contributed by atoms with E-state index < -0.39 is 0 Å². The van der Waals surface area contributed by atoms with Gasteiger partial charge in [0.2, 0.25) is 0 Å². The highest BCUT2D eigenvalue weighted by Gasteiger charge is 2.18. The van der Waals surface area contributed by atoms with E-state index in [0.717, 1.165) is 33.9 Å². The number of nitrogens with one attached hydrogen (secondary N) is 1. The van der Waals surface area contributed by atoms with Crippen molar-refractivity contribution < 1.29 is 4.79 Å². The molecule has 0 unspecified atom stereocenters. The molecule has 0 aliphatic heterocycles. The summed E-state index contributed by atoms with van der Waals surface area (Å²) in [5.41, 5.74) is 6.32. The zero-order chi connectivity index (χ0) is 22.1. The fraction of sp³-hybridized carbons (Fsp3) is 0.125. The molecule has 1 amide bonds. The number of aryl methyl sites for hydroxylation is 2. The normalized spacial score (nSPS) is 11.1. The summed E-state index contributed by atoms with van der Waals surface area (Å²) in [5.74, 6) is -0.231. The number of para-hydroxylation sites is 1. The van der Waals surface area contributed by atoms with Gasteiger partial charge in [-0.25, -0.2) is 14.2 Å². The van der Waals surface area contributed by atoms with Crippen molar-refractivity contribution in [1.29, 1.82) is 0 Å². The Morgan fingerprint density at radius 1 is 1.06 bits per heavy atom. The molecule has 4 heterocycles. The summed E-state index contributed by atoms with van der Waals surface area (Å²) in [4.78, 5) is 21.6. The van der Waals surface area contributed by atoms with Crippen molar-refractivity contribution in [3.8, 4) is 16.9 Å². The van der Waals surface area contributed by atoms with Crippen LogP contribution in [0.5, 0.6) is 0 Å². The van der Waals surface area contributed by atoms with Gasteiger partial charge in [-0.2, -0.15) is 10.2 Å². The van der Waals surface area contributed by atoms with Gasteiger partial charge in [0, 0.05) is 47.7 Å². The number of fused-ring (bicyclic) bond motifs is 1. The molecule has 5 aromatic rings. The first-order valence-corrected chi connectivity index (χ1v) is 10.2. The van der Waals surface area contributed by atoms with Crippen LogP contribution in [-0.4, -0.2) is 35.3 Å². The minimum atomic E-state index is -0.231. The predicted molar refractivity (Wildman–Crippen MR) is 120 cm³/mol. The smallest absolute Gasteiger partial charge is 0.257 e. The number of hydrogen-bond acceptors (Lipinski definition) is 5. The van der Waals surface area contributed by atoms with Gasteiger partial charge in [0.25, 0.3) is 5.91 Å². The minimum absolute atomic E-state index is 0.231. The molecule has 4 aromatic heterocycles. The third kappa shape index (κ3) is 3.62. The average molecular weight is 423 g/mol. The maximum atomic E-state index is 13.0. The third-order valence-corrected chi connectivity index (χ3v) is 5.23. The van der Waals surface area contributed by atoms with Crippen LogP contribution in [-0.2, 0) is 6.54 Å². The minimum Gasteiger partial charge on any atom is -0.348 e. The van der Waals surface area contributed by atoms with Crippen molar-refractivity contribution in [1.82, 2.24) is 34.7 Å². The molecule has 0 aliphatic rings. The van der Waals surface area contributed by atoms with Crippen LogP contribution in [0.15, 0.2) is 73.3 Å². The second kappa shape index (κ2) is 8.07. The maximum Gasteiger partial charge on any atom is 0.257 e. The number of rotatable bonds is 5. The summed E-state index contributed by atoms with van der Waals surface area (Å²) in [6.45, 7) is 4.15. The summed E-state index contributed by atoms with van der Waals surface area (Å²) in [7, 11) is 0. The Morgan fingerprint density at radius 3 is 2.62 bits per heavy atom. The van der Waals surface area contributed by atoms with Crippen molar-refractivity contribution in [3.05, 3.63) is 95.8 Å². The fourth-order valence-electron chi connectivity index (χ4n) is 3.71. The molecule has 0 atom stereocenters. The number of carbonyl (C=O) groups excluding carboxylic acids is 1. The van der Waals surface area contributed by atoms with Crippen molar-refractivity contribution in [2.75, 3.05) is 0 Å². The largest absolute Gasteiger partial charge is 0.348 e. The molecule has 0 saturated carbocycles. The van der Waals surface area contributed by atoms with Crippen LogP contribution in [0.3, 0.4) is 0 Å². The molecule has 32 heavy (non-hydrogen) atoms. The van der Waals surface area contributed by atoms with Crippen molar-refractivity contribution in [2.24, 2.45) is 0 Å². The van der Waals surface area contributed by atoms with Gasteiger partial charge in [-0.3, -0.25) is 9.78 Å². The van der Waals surface area contributed by atoms with E-state index in [9.17, 15) is 4.79 Å². The highest BCUT2D eigenvalue weighted by molar-refractivity contribution is 5.99. The Kier molecular flexibility index (Phi) is 4.95. The third-order valence-electron chi connectivity index (χ3n) is 5.23. The monoisotopic (exact) mass is 423 g/mol. The number of nitrogens with zero attached hydrogens (tertiary/aromatic N) is 6. The Hall–Kier alpha value is -4.33. The van der Waals surface area contributed by atoms with Crippen LogP contribution in [0.25, 0.3) is 22.6 Å². The Labute approximate surface area is 184 Å². The molecular formula is C24H21N7O. The SMILES string of the molecule is Cc1cc(C)n2ncc(C(=O)NCc3cn(-c4ccccc4)nc3-c3ccncc3)c2n1. The first-order chi connectivity index (χ1) is 15.6. The van der Waals surface area contributed by atoms with Gasteiger partial charge in [-0.05, 0) is 44.2 Å². The molecule has 0 spiro atoms. The van der Waals surface area contributed by atoms with Gasteiger partial charge >= 0.3 is 0 Å². The molecule has 0 saturated heterocycles. The van der Waals surface area contributed by atoms with E-state index >= 15 is 0 Å². The Balaban J connectivity index is 1.46. The maximum absolute atomic E-state index is 13.0. The van der Waals surface area contributed by atoms with Crippen LogP contribution < -0.4 is 5.32 Å². The number of benzene rings is 1. The van der Waals surface area contributed by atoms with Crippen LogP contribution >= 0.6 is 0 Å². The lowest BCUT2D eigenvalue weighted by Gasteiger charge is -2.05. The predicted octanol–water partition coefficient (Wildman–Crippen LogP) is 3.52. The molecule has 158 valence electrons. The second-order valence-electron chi connectivity index (χ2n) is 7.53. The highest BCUT2D eigenvalue weighted by atomic mass is 16.1. The van der Waals surface area contributed by atoms with Crippen LogP contribution in [0.1, 0.15) is 27.3 Å². The molecule has 0 radical (unpaired) electrons. The second-order valence-corrected chi connectivity index (χ2v) is 7.53. The molecule has 0 bridgehead atoms. The topological polar surface area (TPSA) is 90.0 Å². The summed E-state index contributed by atoms with van der Waals surface area (Å²) in [6.07, 6.45) is 6.96. The van der Waals surface area contributed by atoms with E-state index in [1.54, 1.807) is 23.1 Å². The zero-order valence-corrected chi connectivity index (χ0v) is 17.7. The molecular weight excluding hydrogens is 402 g/mol. The van der Waals surface area contributed by atoms with Gasteiger partial charge in [0.05, 0.1) is 17.6 Å². The lowest BCUT2D eigenvalue weighted by atomic mass is 10.1. The number of hydrogen-bond donors (Lipinski definition) is 1. The fourth-order valence-corrected chi connectivity index (χ4v) is 3.71. The van der Waals surface area contributed by atoms with Crippen molar-refractivity contribution >= 4 is 11.6 Å². The van der Waals surface area contributed by atoms with Gasteiger partial charge < -0.3 is 5.32 Å². The molecule has 0 fully saturated rings. The first kappa shape index (κ1) is 19.6. The lowest BCUT2D eigenvalue weighted by Crippen LogP contribution is -2.23. The van der Waals surface area contributed by atoms with Crippen LogP contribution in [0.4, 0.5) is 0 Å². The summed E-state index contributed by atoms with van der Waals surface area (Å²) in [6, 6.07) is 15.6. The van der Waals surface area contributed by atoms with Crippen LogP contribution in [0.2, 0.25) is 0 Å². The molecule has 5 rings (SSSR count). The van der Waals surface area contributed by atoms with Crippen LogP contribution in [0, 0.1) is 13.8 Å². The van der Waals surface area contributed by atoms with Crippen molar-refractivity contribution in [3.63, 3.8) is 0 Å². The van der Waals surface area contributed by atoms with E-state index in [0.29, 0.717) is 17.8 Å².